The summed E-state index contributed by atoms with van der Waals surface area (Å²) in [6.45, 7) is 6.40. The molecule has 9 heteroatoms. The number of nitrogens with one attached hydrogen (secondary N) is 2. The molecule has 1 aliphatic heterocycles. The molecular weight excluding hydrogens is 380 g/mol. The van der Waals surface area contributed by atoms with E-state index in [0.717, 1.165) is 46.9 Å². The predicted molar refractivity (Wildman–Crippen MR) is 117 cm³/mol. The first-order valence-electron chi connectivity index (χ1n) is 9.79. The van der Waals surface area contributed by atoms with Crippen LogP contribution in [-0.4, -0.2) is 58.6 Å². The van der Waals surface area contributed by atoms with Crippen LogP contribution in [0, 0.1) is 18.4 Å². The van der Waals surface area contributed by atoms with Crippen molar-refractivity contribution in [1.82, 2.24) is 19.9 Å². The number of rotatable bonds is 3. The number of aromatic nitrogens is 3. The van der Waals surface area contributed by atoms with Gasteiger partial charge in [-0.1, -0.05) is 0 Å². The van der Waals surface area contributed by atoms with Gasteiger partial charge in [-0.25, -0.2) is 9.97 Å². The van der Waals surface area contributed by atoms with Gasteiger partial charge in [0.25, 0.3) is 0 Å². The van der Waals surface area contributed by atoms with Gasteiger partial charge in [0, 0.05) is 37.6 Å². The molecule has 0 spiro atoms. The van der Waals surface area contributed by atoms with Crippen molar-refractivity contribution in [2.75, 3.05) is 37.0 Å². The topological polar surface area (TPSA) is 105 Å². The van der Waals surface area contributed by atoms with Gasteiger partial charge in [-0.15, -0.1) is 4.99 Å². The number of ether oxygens (including phenoxy) is 1. The highest BCUT2D eigenvalue weighted by Crippen LogP contribution is 2.28. The first kappa shape index (κ1) is 19.5. The second-order valence-electron chi connectivity index (χ2n) is 7.27. The molecule has 1 saturated heterocycles. The normalized spacial score (nSPS) is 17.1. The van der Waals surface area contributed by atoms with E-state index >= 15 is 0 Å². The number of anilines is 2. The van der Waals surface area contributed by atoms with Gasteiger partial charge in [0.1, 0.15) is 23.5 Å². The second kappa shape index (κ2) is 8.29. The number of piperazine rings is 1. The van der Waals surface area contributed by atoms with E-state index in [-0.39, 0.29) is 6.04 Å². The van der Waals surface area contributed by atoms with Crippen LogP contribution in [0.2, 0.25) is 0 Å². The van der Waals surface area contributed by atoms with E-state index in [1.807, 2.05) is 36.7 Å². The molecule has 4 rings (SSSR count). The minimum Gasteiger partial charge on any atom is -0.497 e. The van der Waals surface area contributed by atoms with Crippen molar-refractivity contribution in [1.29, 1.82) is 5.26 Å². The number of guanidine groups is 1. The van der Waals surface area contributed by atoms with Crippen LogP contribution < -0.4 is 15.0 Å². The highest BCUT2D eigenvalue weighted by Gasteiger charge is 2.28. The maximum absolute atomic E-state index is 9.21. The van der Waals surface area contributed by atoms with Crippen molar-refractivity contribution in [3.63, 3.8) is 0 Å². The van der Waals surface area contributed by atoms with Crippen molar-refractivity contribution in [3.05, 3.63) is 42.4 Å². The number of nitrogens with zero attached hydrogens (tertiary/aromatic N) is 6. The quantitative estimate of drug-likeness (QED) is 0.393. The lowest BCUT2D eigenvalue weighted by molar-refractivity contribution is 0.297. The Bertz CT molecular complexity index is 1100. The van der Waals surface area contributed by atoms with E-state index in [4.69, 9.17) is 4.74 Å². The number of fused-ring (bicyclic) bond motifs is 1. The zero-order chi connectivity index (χ0) is 21.1. The highest BCUT2D eigenvalue weighted by atomic mass is 16.5. The van der Waals surface area contributed by atoms with Crippen LogP contribution in [0.25, 0.3) is 11.0 Å². The van der Waals surface area contributed by atoms with Crippen molar-refractivity contribution < 1.29 is 4.74 Å². The highest BCUT2D eigenvalue weighted by molar-refractivity contribution is 5.95. The molecule has 0 amide bonds. The maximum Gasteiger partial charge on any atom is 0.214 e. The van der Waals surface area contributed by atoms with Gasteiger partial charge in [-0.2, -0.15) is 5.26 Å². The molecule has 0 aliphatic carbocycles. The summed E-state index contributed by atoms with van der Waals surface area (Å²) < 4.78 is 5.20. The summed E-state index contributed by atoms with van der Waals surface area (Å²) in [5.74, 6) is 2.25. The second-order valence-corrected chi connectivity index (χ2v) is 7.27. The predicted octanol–water partition coefficient (Wildman–Crippen LogP) is 2.73. The molecule has 0 bridgehead atoms. The number of nitriles is 1. The molecule has 1 fully saturated rings. The Labute approximate surface area is 175 Å². The molecule has 1 unspecified atom stereocenters. The minimum absolute atomic E-state index is 0.126. The molecule has 3 heterocycles. The van der Waals surface area contributed by atoms with Crippen LogP contribution in [0.3, 0.4) is 0 Å². The van der Waals surface area contributed by atoms with Gasteiger partial charge in [0.2, 0.25) is 12.2 Å². The number of aryl methyl sites for hydroxylation is 1. The van der Waals surface area contributed by atoms with E-state index in [0.29, 0.717) is 12.5 Å². The van der Waals surface area contributed by atoms with E-state index in [1.54, 1.807) is 13.4 Å². The van der Waals surface area contributed by atoms with E-state index in [1.165, 1.54) is 0 Å². The number of aliphatic imine (C=N–C) groups is 1. The van der Waals surface area contributed by atoms with Crippen molar-refractivity contribution in [2.45, 2.75) is 19.9 Å². The van der Waals surface area contributed by atoms with Crippen molar-refractivity contribution >= 4 is 28.5 Å². The number of hydrogen-bond donors (Lipinski definition) is 2. The fraction of sp³-hybridized carbons (Fsp3) is 0.333. The molecule has 9 nitrogen and oxygen atoms in total. The third-order valence-electron chi connectivity index (χ3n) is 5.35. The number of benzene rings is 1. The Morgan fingerprint density at radius 1 is 1.30 bits per heavy atom. The third-order valence-corrected chi connectivity index (χ3v) is 5.35. The molecule has 2 N–H and O–H groups in total. The van der Waals surface area contributed by atoms with Crippen LogP contribution in [0.15, 0.2) is 41.8 Å². The van der Waals surface area contributed by atoms with Crippen LogP contribution in [0.4, 0.5) is 11.5 Å². The van der Waals surface area contributed by atoms with Crippen molar-refractivity contribution in [2.24, 2.45) is 4.99 Å². The number of H-pyrrole nitrogens is 1. The lowest BCUT2D eigenvalue weighted by atomic mass is 10.1. The van der Waals surface area contributed by atoms with Crippen LogP contribution in [0.1, 0.15) is 12.5 Å². The third kappa shape index (κ3) is 3.72. The lowest BCUT2D eigenvalue weighted by Crippen LogP contribution is -2.56. The molecule has 0 saturated carbocycles. The Balaban J connectivity index is 1.52. The van der Waals surface area contributed by atoms with Crippen LogP contribution >= 0.6 is 0 Å². The number of aromatic amines is 1. The summed E-state index contributed by atoms with van der Waals surface area (Å²) in [5, 5.41) is 13.5. The molecule has 30 heavy (non-hydrogen) atoms. The number of methoxy groups -OCH3 is 1. The van der Waals surface area contributed by atoms with E-state index in [9.17, 15) is 5.26 Å². The smallest absolute Gasteiger partial charge is 0.214 e. The summed E-state index contributed by atoms with van der Waals surface area (Å²) >= 11 is 0. The molecule has 1 aliphatic rings. The average molecular weight is 404 g/mol. The first-order chi connectivity index (χ1) is 14.6. The Hall–Kier alpha value is -3.80. The molecule has 154 valence electrons. The molecular formula is C21H24N8O. The first-order valence-corrected chi connectivity index (χ1v) is 9.79. The fourth-order valence-corrected chi connectivity index (χ4v) is 3.82. The Kier molecular flexibility index (Phi) is 5.39. The molecule has 2 aromatic heterocycles. The standard InChI is InChI=1S/C21H24N8O/c1-14-10-23-19-18(14)20(26-13-25-19)28-8-9-29(15(2)11-28)21(24-12-22)27-16-4-6-17(30-3)7-5-16/h4-7,10,13,15H,8-9,11H2,1-3H3,(H,24,27)(H,23,25,26). The van der Waals surface area contributed by atoms with Gasteiger partial charge in [-0.05, 0) is 43.7 Å². The fourth-order valence-electron chi connectivity index (χ4n) is 3.82. The molecule has 1 atom stereocenters. The minimum atomic E-state index is 0.126. The zero-order valence-corrected chi connectivity index (χ0v) is 17.3. The van der Waals surface area contributed by atoms with Crippen molar-refractivity contribution in [3.8, 4) is 11.9 Å². The number of hydrogen-bond acceptors (Lipinski definition) is 6. The van der Waals surface area contributed by atoms with Gasteiger partial charge in [0.15, 0.2) is 0 Å². The SMILES string of the molecule is COc1ccc(NC(=NC#N)N2CCN(c3ncnc4[nH]cc(C)c34)CC2C)cc1. The molecule has 3 aromatic rings. The Morgan fingerprint density at radius 2 is 2.10 bits per heavy atom. The largest absolute Gasteiger partial charge is 0.497 e. The van der Waals surface area contributed by atoms with Crippen LogP contribution in [-0.2, 0) is 0 Å². The monoisotopic (exact) mass is 404 g/mol. The molecule has 0 radical (unpaired) electrons. The van der Waals surface area contributed by atoms with Gasteiger partial charge < -0.3 is 24.8 Å². The zero-order valence-electron chi connectivity index (χ0n) is 17.3. The maximum atomic E-state index is 9.21. The van der Waals surface area contributed by atoms with Gasteiger partial charge >= 0.3 is 0 Å². The van der Waals surface area contributed by atoms with E-state index < -0.39 is 0 Å². The van der Waals surface area contributed by atoms with Gasteiger partial charge in [-0.3, -0.25) is 0 Å². The van der Waals surface area contributed by atoms with E-state index in [2.05, 4.69) is 48.9 Å². The summed E-state index contributed by atoms with van der Waals surface area (Å²) in [6.07, 6.45) is 5.47. The van der Waals surface area contributed by atoms with Gasteiger partial charge in [0.05, 0.1) is 12.5 Å². The Morgan fingerprint density at radius 3 is 2.80 bits per heavy atom. The summed E-state index contributed by atoms with van der Waals surface area (Å²) in [7, 11) is 1.63. The lowest BCUT2D eigenvalue weighted by Gasteiger charge is -2.41. The summed E-state index contributed by atoms with van der Waals surface area (Å²) in [4.78, 5) is 20.5. The summed E-state index contributed by atoms with van der Waals surface area (Å²) in [5.41, 5.74) is 2.82. The van der Waals surface area contributed by atoms with Crippen LogP contribution in [0.5, 0.6) is 5.75 Å². The summed E-state index contributed by atoms with van der Waals surface area (Å²) in [6, 6.07) is 7.67. The molecule has 1 aromatic carbocycles. The average Bonchev–Trinajstić information content (AvgIpc) is 3.15.